The standard InChI is InChI=1S/C16H16N2O3/c1-19-10-15-17-16(21-18-15)8-12-5-3-4-11-6-7-13(20-2)9-14(11)12/h3-7,9H,8,10H2,1-2H3. The van der Waals surface area contributed by atoms with Gasteiger partial charge in [0.2, 0.25) is 5.89 Å². The molecule has 0 saturated carbocycles. The van der Waals surface area contributed by atoms with Crippen molar-refractivity contribution in [1.29, 1.82) is 0 Å². The molecular formula is C16H16N2O3. The Kier molecular flexibility index (Phi) is 3.83. The molecule has 0 aliphatic rings. The zero-order valence-corrected chi connectivity index (χ0v) is 12.0. The highest BCUT2D eigenvalue weighted by atomic mass is 16.5. The van der Waals surface area contributed by atoms with E-state index in [-0.39, 0.29) is 0 Å². The van der Waals surface area contributed by atoms with Crippen LogP contribution in [0.25, 0.3) is 10.8 Å². The number of benzene rings is 2. The SMILES string of the molecule is COCc1noc(Cc2cccc3ccc(OC)cc23)n1. The molecule has 5 heteroatoms. The molecule has 0 atom stereocenters. The molecule has 108 valence electrons. The van der Waals surface area contributed by atoms with Crippen LogP contribution in [0.3, 0.4) is 0 Å². The van der Waals surface area contributed by atoms with Gasteiger partial charge >= 0.3 is 0 Å². The third kappa shape index (κ3) is 2.87. The molecule has 0 fully saturated rings. The number of rotatable bonds is 5. The largest absolute Gasteiger partial charge is 0.497 e. The van der Waals surface area contributed by atoms with Gasteiger partial charge in [0.1, 0.15) is 12.4 Å². The van der Waals surface area contributed by atoms with Crippen LogP contribution in [-0.2, 0) is 17.8 Å². The van der Waals surface area contributed by atoms with Crippen molar-refractivity contribution in [3.8, 4) is 5.75 Å². The summed E-state index contributed by atoms with van der Waals surface area (Å²) in [5.41, 5.74) is 1.12. The summed E-state index contributed by atoms with van der Waals surface area (Å²) < 4.78 is 15.5. The van der Waals surface area contributed by atoms with Crippen molar-refractivity contribution in [3.63, 3.8) is 0 Å². The summed E-state index contributed by atoms with van der Waals surface area (Å²) in [6.07, 6.45) is 0.585. The minimum absolute atomic E-state index is 0.354. The molecule has 3 rings (SSSR count). The van der Waals surface area contributed by atoms with E-state index >= 15 is 0 Å². The van der Waals surface area contributed by atoms with Crippen molar-refractivity contribution in [1.82, 2.24) is 10.1 Å². The number of fused-ring (bicyclic) bond motifs is 1. The van der Waals surface area contributed by atoms with Gasteiger partial charge in [-0.15, -0.1) is 0 Å². The maximum absolute atomic E-state index is 5.30. The maximum Gasteiger partial charge on any atom is 0.231 e. The van der Waals surface area contributed by atoms with Gasteiger partial charge in [0.25, 0.3) is 0 Å². The number of nitrogens with zero attached hydrogens (tertiary/aromatic N) is 2. The van der Waals surface area contributed by atoms with Gasteiger partial charge in [0.15, 0.2) is 5.82 Å². The predicted molar refractivity (Wildman–Crippen MR) is 78.3 cm³/mol. The van der Waals surface area contributed by atoms with Crippen LogP contribution in [0, 0.1) is 0 Å². The summed E-state index contributed by atoms with van der Waals surface area (Å²) in [6, 6.07) is 12.2. The molecule has 21 heavy (non-hydrogen) atoms. The average Bonchev–Trinajstić information content (AvgIpc) is 2.95. The van der Waals surface area contributed by atoms with Crippen LogP contribution in [0.2, 0.25) is 0 Å². The van der Waals surface area contributed by atoms with Crippen molar-refractivity contribution in [2.24, 2.45) is 0 Å². The molecular weight excluding hydrogens is 268 g/mol. The van der Waals surface area contributed by atoms with E-state index in [1.807, 2.05) is 24.3 Å². The Balaban J connectivity index is 1.95. The second-order valence-electron chi connectivity index (χ2n) is 4.72. The molecule has 2 aromatic carbocycles. The van der Waals surface area contributed by atoms with Crippen molar-refractivity contribution >= 4 is 10.8 Å². The maximum atomic E-state index is 5.30. The van der Waals surface area contributed by atoms with Crippen molar-refractivity contribution < 1.29 is 14.0 Å². The zero-order valence-electron chi connectivity index (χ0n) is 12.0. The van der Waals surface area contributed by atoms with E-state index in [0.717, 1.165) is 22.1 Å². The first-order valence-corrected chi connectivity index (χ1v) is 6.66. The summed E-state index contributed by atoms with van der Waals surface area (Å²) in [5.74, 6) is 1.98. The van der Waals surface area contributed by atoms with Gasteiger partial charge in [-0.1, -0.05) is 29.4 Å². The lowest BCUT2D eigenvalue weighted by atomic mass is 10.0. The molecule has 0 aliphatic carbocycles. The third-order valence-electron chi connectivity index (χ3n) is 3.30. The van der Waals surface area contributed by atoms with E-state index in [1.54, 1.807) is 14.2 Å². The lowest BCUT2D eigenvalue weighted by Crippen LogP contribution is -1.93. The molecule has 0 spiro atoms. The van der Waals surface area contributed by atoms with Gasteiger partial charge in [-0.25, -0.2) is 0 Å². The molecule has 0 aliphatic heterocycles. The Morgan fingerprint density at radius 1 is 1.14 bits per heavy atom. The van der Waals surface area contributed by atoms with Crippen molar-refractivity contribution in [2.75, 3.05) is 14.2 Å². The van der Waals surface area contributed by atoms with Gasteiger partial charge in [-0.05, 0) is 28.5 Å². The van der Waals surface area contributed by atoms with E-state index in [4.69, 9.17) is 14.0 Å². The van der Waals surface area contributed by atoms with Crippen molar-refractivity contribution in [3.05, 3.63) is 53.7 Å². The highest BCUT2D eigenvalue weighted by molar-refractivity contribution is 5.87. The number of hydrogen-bond acceptors (Lipinski definition) is 5. The Morgan fingerprint density at radius 3 is 2.86 bits per heavy atom. The van der Waals surface area contributed by atoms with E-state index < -0.39 is 0 Å². The fraction of sp³-hybridized carbons (Fsp3) is 0.250. The topological polar surface area (TPSA) is 57.4 Å². The summed E-state index contributed by atoms with van der Waals surface area (Å²) in [7, 11) is 3.27. The second-order valence-corrected chi connectivity index (χ2v) is 4.72. The van der Waals surface area contributed by atoms with Gasteiger partial charge in [0, 0.05) is 7.11 Å². The van der Waals surface area contributed by atoms with E-state index in [1.165, 1.54) is 0 Å². The second kappa shape index (κ2) is 5.93. The molecule has 0 amide bonds. The van der Waals surface area contributed by atoms with Gasteiger partial charge < -0.3 is 14.0 Å². The van der Waals surface area contributed by atoms with Crippen LogP contribution in [0.15, 0.2) is 40.9 Å². The van der Waals surface area contributed by atoms with E-state index in [2.05, 4.69) is 22.3 Å². The number of methoxy groups -OCH3 is 2. The number of ether oxygens (including phenoxy) is 2. The van der Waals surface area contributed by atoms with E-state index in [9.17, 15) is 0 Å². The minimum atomic E-state index is 0.354. The summed E-state index contributed by atoms with van der Waals surface area (Å²) in [4.78, 5) is 4.31. The third-order valence-corrected chi connectivity index (χ3v) is 3.30. The molecule has 0 N–H and O–H groups in total. The van der Waals surface area contributed by atoms with Crippen LogP contribution in [0.1, 0.15) is 17.3 Å². The summed E-state index contributed by atoms with van der Waals surface area (Å²) in [5, 5.41) is 6.17. The van der Waals surface area contributed by atoms with Crippen LogP contribution in [-0.4, -0.2) is 24.4 Å². The first kappa shape index (κ1) is 13.6. The fourth-order valence-electron chi connectivity index (χ4n) is 2.31. The van der Waals surface area contributed by atoms with Gasteiger partial charge in [-0.3, -0.25) is 0 Å². The first-order valence-electron chi connectivity index (χ1n) is 6.66. The quantitative estimate of drug-likeness (QED) is 0.721. The molecule has 0 unspecified atom stereocenters. The lowest BCUT2D eigenvalue weighted by Gasteiger charge is -2.06. The van der Waals surface area contributed by atoms with Gasteiger partial charge in [-0.2, -0.15) is 4.98 Å². The van der Waals surface area contributed by atoms with Crippen LogP contribution in [0.4, 0.5) is 0 Å². The Labute approximate surface area is 122 Å². The molecule has 0 bridgehead atoms. The monoisotopic (exact) mass is 284 g/mol. The minimum Gasteiger partial charge on any atom is -0.497 e. The molecule has 1 heterocycles. The molecule has 3 aromatic rings. The highest BCUT2D eigenvalue weighted by Crippen LogP contribution is 2.25. The molecule has 1 aromatic heterocycles. The highest BCUT2D eigenvalue weighted by Gasteiger charge is 2.09. The number of aromatic nitrogens is 2. The Bertz CT molecular complexity index is 752. The van der Waals surface area contributed by atoms with Crippen LogP contribution < -0.4 is 4.74 Å². The van der Waals surface area contributed by atoms with Gasteiger partial charge in [0.05, 0.1) is 13.5 Å². The van der Waals surface area contributed by atoms with Crippen LogP contribution >= 0.6 is 0 Å². The Morgan fingerprint density at radius 2 is 2.05 bits per heavy atom. The zero-order chi connectivity index (χ0) is 14.7. The fourth-order valence-corrected chi connectivity index (χ4v) is 2.31. The summed E-state index contributed by atoms with van der Waals surface area (Å²) >= 11 is 0. The normalized spacial score (nSPS) is 11.0. The smallest absolute Gasteiger partial charge is 0.231 e. The number of hydrogen-bond donors (Lipinski definition) is 0. The molecule has 0 radical (unpaired) electrons. The molecule has 0 saturated heterocycles. The molecule has 5 nitrogen and oxygen atoms in total. The summed E-state index contributed by atoms with van der Waals surface area (Å²) in [6.45, 7) is 0.354. The van der Waals surface area contributed by atoms with E-state index in [0.29, 0.717) is 24.7 Å². The first-order chi connectivity index (χ1) is 10.3. The van der Waals surface area contributed by atoms with Crippen molar-refractivity contribution in [2.45, 2.75) is 13.0 Å². The Hall–Kier alpha value is -2.40. The predicted octanol–water partition coefficient (Wildman–Crippen LogP) is 2.97. The van der Waals surface area contributed by atoms with Crippen LogP contribution in [0.5, 0.6) is 5.75 Å². The lowest BCUT2D eigenvalue weighted by molar-refractivity contribution is 0.174. The average molecular weight is 284 g/mol.